The summed E-state index contributed by atoms with van der Waals surface area (Å²) in [5, 5.41) is 12.3. The zero-order valence-electron chi connectivity index (χ0n) is 10.0. The Morgan fingerprint density at radius 2 is 1.94 bits per heavy atom. The van der Waals surface area contributed by atoms with Gasteiger partial charge in [0, 0.05) is 12.6 Å². The number of aromatic carboxylic acids is 1. The lowest BCUT2D eigenvalue weighted by atomic mass is 10.0. The Bertz CT molecular complexity index is 361. The van der Waals surface area contributed by atoms with Gasteiger partial charge in [-0.15, -0.1) is 0 Å². The van der Waals surface area contributed by atoms with Crippen molar-refractivity contribution in [3.8, 4) is 0 Å². The van der Waals surface area contributed by atoms with Crippen LogP contribution >= 0.6 is 0 Å². The van der Waals surface area contributed by atoms with Gasteiger partial charge in [-0.3, -0.25) is 0 Å². The highest BCUT2D eigenvalue weighted by Crippen LogP contribution is 2.09. The van der Waals surface area contributed by atoms with Crippen molar-refractivity contribution in [2.75, 3.05) is 0 Å². The molecule has 0 amide bonds. The van der Waals surface area contributed by atoms with Gasteiger partial charge in [0.05, 0.1) is 5.56 Å². The predicted octanol–water partition coefficient (Wildman–Crippen LogP) is 2.52. The predicted molar refractivity (Wildman–Crippen MR) is 64.5 cm³/mol. The molecule has 0 aliphatic rings. The smallest absolute Gasteiger partial charge is 0.336 e. The van der Waals surface area contributed by atoms with Gasteiger partial charge in [0.2, 0.25) is 0 Å². The van der Waals surface area contributed by atoms with E-state index in [1.165, 1.54) is 0 Å². The second-order valence-electron chi connectivity index (χ2n) is 4.38. The van der Waals surface area contributed by atoms with Gasteiger partial charge in [-0.05, 0) is 24.5 Å². The van der Waals surface area contributed by atoms with Crippen LogP contribution in [0.25, 0.3) is 0 Å². The van der Waals surface area contributed by atoms with Crippen LogP contribution in [0.1, 0.15) is 36.7 Å². The zero-order chi connectivity index (χ0) is 12.1. The summed E-state index contributed by atoms with van der Waals surface area (Å²) in [6, 6.07) is 7.48. The van der Waals surface area contributed by atoms with Crippen molar-refractivity contribution in [2.45, 2.75) is 33.4 Å². The summed E-state index contributed by atoms with van der Waals surface area (Å²) < 4.78 is 0. The van der Waals surface area contributed by atoms with Crippen molar-refractivity contribution in [2.24, 2.45) is 5.92 Å². The van der Waals surface area contributed by atoms with Crippen LogP contribution in [0.2, 0.25) is 0 Å². The first-order valence-electron chi connectivity index (χ1n) is 5.57. The maximum absolute atomic E-state index is 11.0. The fraction of sp³-hybridized carbons (Fsp3) is 0.462. The number of hydrogen-bond donors (Lipinski definition) is 2. The third kappa shape index (κ3) is 3.35. The Balaban J connectivity index is 2.70. The lowest BCUT2D eigenvalue weighted by Gasteiger charge is -2.18. The van der Waals surface area contributed by atoms with Crippen LogP contribution in [0, 0.1) is 5.92 Å². The average Bonchev–Trinajstić information content (AvgIpc) is 2.25. The highest BCUT2D eigenvalue weighted by Gasteiger charge is 2.11. The molecule has 0 spiro atoms. The number of carboxylic acids is 1. The molecular formula is C13H19NO2. The van der Waals surface area contributed by atoms with Crippen LogP contribution in [-0.2, 0) is 6.54 Å². The molecule has 0 fully saturated rings. The highest BCUT2D eigenvalue weighted by molar-refractivity contribution is 5.89. The van der Waals surface area contributed by atoms with Crippen LogP contribution < -0.4 is 5.32 Å². The monoisotopic (exact) mass is 221 g/mol. The normalized spacial score (nSPS) is 12.8. The summed E-state index contributed by atoms with van der Waals surface area (Å²) in [6.07, 6.45) is 0. The lowest BCUT2D eigenvalue weighted by molar-refractivity contribution is 0.0695. The molecule has 1 unspecified atom stereocenters. The van der Waals surface area contributed by atoms with Crippen LogP contribution in [0.4, 0.5) is 0 Å². The summed E-state index contributed by atoms with van der Waals surface area (Å²) in [4.78, 5) is 11.0. The molecule has 0 aromatic heterocycles. The first-order valence-corrected chi connectivity index (χ1v) is 5.57. The van der Waals surface area contributed by atoms with E-state index in [0.717, 1.165) is 5.56 Å². The second kappa shape index (κ2) is 5.66. The molecule has 1 atom stereocenters. The third-order valence-corrected chi connectivity index (χ3v) is 2.86. The molecule has 3 heteroatoms. The molecule has 2 N–H and O–H groups in total. The molecule has 0 saturated carbocycles. The fourth-order valence-corrected chi connectivity index (χ4v) is 1.39. The van der Waals surface area contributed by atoms with Crippen molar-refractivity contribution in [3.05, 3.63) is 35.4 Å². The number of rotatable bonds is 5. The first kappa shape index (κ1) is 12.7. The van der Waals surface area contributed by atoms with Gasteiger partial charge in [-0.1, -0.05) is 32.0 Å². The Kier molecular flexibility index (Phi) is 4.50. The Morgan fingerprint density at radius 3 is 2.50 bits per heavy atom. The van der Waals surface area contributed by atoms with Gasteiger partial charge in [0.15, 0.2) is 0 Å². The van der Waals surface area contributed by atoms with E-state index in [4.69, 9.17) is 5.11 Å². The molecule has 0 heterocycles. The quantitative estimate of drug-likeness (QED) is 0.803. The highest BCUT2D eigenvalue weighted by atomic mass is 16.4. The van der Waals surface area contributed by atoms with Gasteiger partial charge < -0.3 is 10.4 Å². The van der Waals surface area contributed by atoms with Crippen molar-refractivity contribution in [1.82, 2.24) is 5.32 Å². The van der Waals surface area contributed by atoms with Gasteiger partial charge in [0.25, 0.3) is 0 Å². The number of hydrogen-bond acceptors (Lipinski definition) is 2. The van der Waals surface area contributed by atoms with Crippen molar-refractivity contribution >= 4 is 5.97 Å². The standard InChI is InChI=1S/C13H19NO2/c1-9(2)10(3)14-8-11-6-4-5-7-12(11)13(15)16/h4-7,9-10,14H,8H2,1-3H3,(H,15,16). The van der Waals surface area contributed by atoms with Gasteiger partial charge in [0.1, 0.15) is 0 Å². The van der Waals surface area contributed by atoms with Crippen molar-refractivity contribution < 1.29 is 9.90 Å². The molecule has 0 aliphatic carbocycles. The molecule has 1 aromatic rings. The Morgan fingerprint density at radius 1 is 1.31 bits per heavy atom. The summed E-state index contributed by atoms with van der Waals surface area (Å²) in [5.74, 6) is -0.327. The molecule has 0 aliphatic heterocycles. The minimum atomic E-state index is -0.866. The molecule has 1 aromatic carbocycles. The SMILES string of the molecule is CC(C)C(C)NCc1ccccc1C(=O)O. The molecule has 0 saturated heterocycles. The van der Waals surface area contributed by atoms with Crippen LogP contribution in [0.15, 0.2) is 24.3 Å². The lowest BCUT2D eigenvalue weighted by Crippen LogP contribution is -2.30. The second-order valence-corrected chi connectivity index (χ2v) is 4.38. The maximum Gasteiger partial charge on any atom is 0.336 e. The van der Waals surface area contributed by atoms with E-state index in [0.29, 0.717) is 24.1 Å². The number of carbonyl (C=O) groups is 1. The Hall–Kier alpha value is -1.35. The van der Waals surface area contributed by atoms with Gasteiger partial charge in [-0.25, -0.2) is 4.79 Å². The van der Waals surface area contributed by atoms with E-state index in [-0.39, 0.29) is 0 Å². The summed E-state index contributed by atoms with van der Waals surface area (Å²) >= 11 is 0. The summed E-state index contributed by atoms with van der Waals surface area (Å²) in [6.45, 7) is 6.98. The molecule has 0 bridgehead atoms. The maximum atomic E-state index is 11.0. The topological polar surface area (TPSA) is 49.3 Å². The summed E-state index contributed by atoms with van der Waals surface area (Å²) in [7, 11) is 0. The van der Waals surface area contributed by atoms with E-state index < -0.39 is 5.97 Å². The molecular weight excluding hydrogens is 202 g/mol. The average molecular weight is 221 g/mol. The number of nitrogens with one attached hydrogen (secondary N) is 1. The van der Waals surface area contributed by atoms with Crippen LogP contribution in [0.5, 0.6) is 0 Å². The van der Waals surface area contributed by atoms with E-state index in [2.05, 4.69) is 26.1 Å². The van der Waals surface area contributed by atoms with Crippen molar-refractivity contribution in [1.29, 1.82) is 0 Å². The van der Waals surface area contributed by atoms with E-state index in [1.54, 1.807) is 12.1 Å². The molecule has 16 heavy (non-hydrogen) atoms. The zero-order valence-corrected chi connectivity index (χ0v) is 10.0. The van der Waals surface area contributed by atoms with Crippen LogP contribution in [-0.4, -0.2) is 17.1 Å². The molecule has 3 nitrogen and oxygen atoms in total. The molecule has 88 valence electrons. The van der Waals surface area contributed by atoms with Gasteiger partial charge >= 0.3 is 5.97 Å². The largest absolute Gasteiger partial charge is 0.478 e. The number of benzene rings is 1. The van der Waals surface area contributed by atoms with E-state index >= 15 is 0 Å². The van der Waals surface area contributed by atoms with E-state index in [1.807, 2.05) is 12.1 Å². The van der Waals surface area contributed by atoms with E-state index in [9.17, 15) is 4.79 Å². The first-order chi connectivity index (χ1) is 7.52. The van der Waals surface area contributed by atoms with Crippen LogP contribution in [0.3, 0.4) is 0 Å². The Labute approximate surface area is 96.5 Å². The minimum Gasteiger partial charge on any atom is -0.478 e. The minimum absolute atomic E-state index is 0.377. The fourth-order valence-electron chi connectivity index (χ4n) is 1.39. The molecule has 0 radical (unpaired) electrons. The summed E-state index contributed by atoms with van der Waals surface area (Å²) in [5.41, 5.74) is 1.22. The van der Waals surface area contributed by atoms with Gasteiger partial charge in [-0.2, -0.15) is 0 Å². The van der Waals surface area contributed by atoms with Crippen molar-refractivity contribution in [3.63, 3.8) is 0 Å². The number of carboxylic acid groups (broad SMARTS) is 1. The molecule has 1 rings (SSSR count). The third-order valence-electron chi connectivity index (χ3n) is 2.86.